The molecular weight excluding hydrogens is 278 g/mol. The van der Waals surface area contributed by atoms with E-state index in [0.717, 1.165) is 11.3 Å². The number of aliphatic hydroxyl groups excluding tert-OH is 1. The molecule has 2 aromatic heterocycles. The molecule has 0 spiro atoms. The zero-order valence-corrected chi connectivity index (χ0v) is 12.2. The molecule has 1 atom stereocenters. The molecule has 1 aliphatic carbocycles. The van der Waals surface area contributed by atoms with Crippen LogP contribution in [0.1, 0.15) is 30.1 Å². The van der Waals surface area contributed by atoms with E-state index in [9.17, 15) is 9.90 Å². The third-order valence-electron chi connectivity index (χ3n) is 4.03. The Labute approximate surface area is 129 Å². The van der Waals surface area contributed by atoms with Gasteiger partial charge in [0.1, 0.15) is 0 Å². The molecule has 2 N–H and O–H groups in total. The smallest absolute Gasteiger partial charge is 0.225 e. The fourth-order valence-corrected chi connectivity index (χ4v) is 2.81. The van der Waals surface area contributed by atoms with Crippen LogP contribution in [0, 0.1) is 5.92 Å². The predicted octanol–water partition coefficient (Wildman–Crippen LogP) is 1.65. The monoisotopic (exact) mass is 297 g/mol. The topological polar surface area (TPSA) is 75.1 Å². The van der Waals surface area contributed by atoms with Crippen molar-refractivity contribution in [1.29, 1.82) is 0 Å². The second-order valence-electron chi connectivity index (χ2n) is 5.72. The minimum Gasteiger partial charge on any atom is -0.393 e. The summed E-state index contributed by atoms with van der Waals surface area (Å²) in [6, 6.07) is 9.25. The van der Waals surface area contributed by atoms with E-state index >= 15 is 0 Å². The van der Waals surface area contributed by atoms with Crippen LogP contribution in [0.5, 0.6) is 0 Å². The van der Waals surface area contributed by atoms with Crippen LogP contribution in [-0.4, -0.2) is 27.1 Å². The third kappa shape index (κ3) is 3.49. The van der Waals surface area contributed by atoms with Gasteiger partial charge in [-0.3, -0.25) is 14.8 Å². The molecule has 1 saturated carbocycles. The maximum Gasteiger partial charge on any atom is 0.225 e. The van der Waals surface area contributed by atoms with Crippen molar-refractivity contribution in [1.82, 2.24) is 15.3 Å². The van der Waals surface area contributed by atoms with E-state index in [0.29, 0.717) is 19.3 Å². The molecule has 22 heavy (non-hydrogen) atoms. The van der Waals surface area contributed by atoms with Gasteiger partial charge in [-0.15, -0.1) is 0 Å². The minimum absolute atomic E-state index is 0.0509. The molecule has 0 saturated heterocycles. The average molecular weight is 297 g/mol. The summed E-state index contributed by atoms with van der Waals surface area (Å²) >= 11 is 0. The Morgan fingerprint density at radius 3 is 2.77 bits per heavy atom. The molecule has 2 heterocycles. The van der Waals surface area contributed by atoms with Gasteiger partial charge in [0, 0.05) is 18.6 Å². The lowest BCUT2D eigenvalue weighted by Gasteiger charge is -2.37. The molecule has 5 nitrogen and oxygen atoms in total. The second-order valence-corrected chi connectivity index (χ2v) is 5.72. The van der Waals surface area contributed by atoms with Crippen molar-refractivity contribution in [2.75, 3.05) is 0 Å². The van der Waals surface area contributed by atoms with Crippen molar-refractivity contribution in [3.63, 3.8) is 0 Å². The number of aromatic nitrogens is 2. The van der Waals surface area contributed by atoms with E-state index in [1.165, 1.54) is 0 Å². The highest BCUT2D eigenvalue weighted by Crippen LogP contribution is 2.37. The van der Waals surface area contributed by atoms with E-state index in [4.69, 9.17) is 0 Å². The summed E-state index contributed by atoms with van der Waals surface area (Å²) in [5.74, 6) is 0.188. The molecule has 3 rings (SSSR count). The number of hydrogen-bond acceptors (Lipinski definition) is 4. The molecule has 0 aromatic carbocycles. The Morgan fingerprint density at radius 1 is 1.27 bits per heavy atom. The molecule has 0 radical (unpaired) electrons. The number of pyridine rings is 2. The predicted molar refractivity (Wildman–Crippen MR) is 81.8 cm³/mol. The zero-order valence-electron chi connectivity index (χ0n) is 12.2. The Morgan fingerprint density at radius 2 is 2.14 bits per heavy atom. The summed E-state index contributed by atoms with van der Waals surface area (Å²) < 4.78 is 0. The molecule has 2 aromatic rings. The Bertz CT molecular complexity index is 612. The first-order valence-corrected chi connectivity index (χ1v) is 7.49. The third-order valence-corrected chi connectivity index (χ3v) is 4.03. The van der Waals surface area contributed by atoms with Gasteiger partial charge in [-0.05, 0) is 42.5 Å². The Balaban J connectivity index is 1.69. The van der Waals surface area contributed by atoms with Gasteiger partial charge in [-0.1, -0.05) is 12.1 Å². The van der Waals surface area contributed by atoms with E-state index in [1.807, 2.05) is 30.3 Å². The summed E-state index contributed by atoms with van der Waals surface area (Å²) in [6.07, 6.45) is 6.56. The number of carbonyl (C=O) groups excluding carboxylic acids is 1. The van der Waals surface area contributed by atoms with Crippen LogP contribution in [-0.2, 0) is 11.2 Å². The van der Waals surface area contributed by atoms with Gasteiger partial charge in [0.05, 0.1) is 24.3 Å². The van der Waals surface area contributed by atoms with Gasteiger partial charge >= 0.3 is 0 Å². The standard InChI is InChI=1S/C17H19N3O2/c21-14-9-13(10-14)17(15-5-1-2-7-19-15)20-16(22)8-12-4-3-6-18-11-12/h1-7,11,13-14,17,21H,8-10H2,(H,20,22)/t13?,14?,17-/m1/s1. The van der Waals surface area contributed by atoms with Gasteiger partial charge in [0.25, 0.3) is 0 Å². The van der Waals surface area contributed by atoms with E-state index < -0.39 is 0 Å². The largest absolute Gasteiger partial charge is 0.393 e. The van der Waals surface area contributed by atoms with Crippen molar-refractivity contribution in [2.24, 2.45) is 5.92 Å². The Hall–Kier alpha value is -2.27. The van der Waals surface area contributed by atoms with E-state index in [2.05, 4.69) is 15.3 Å². The van der Waals surface area contributed by atoms with Crippen LogP contribution < -0.4 is 5.32 Å². The normalized spacial score (nSPS) is 21.7. The zero-order chi connectivity index (χ0) is 15.4. The number of carbonyl (C=O) groups is 1. The highest BCUT2D eigenvalue weighted by Gasteiger charge is 2.36. The number of nitrogens with zero attached hydrogens (tertiary/aromatic N) is 2. The van der Waals surface area contributed by atoms with Crippen LogP contribution in [0.3, 0.4) is 0 Å². The number of amides is 1. The molecule has 1 amide bonds. The van der Waals surface area contributed by atoms with Crippen molar-refractivity contribution >= 4 is 5.91 Å². The van der Waals surface area contributed by atoms with E-state index in [-0.39, 0.29) is 24.0 Å². The van der Waals surface area contributed by atoms with Crippen molar-refractivity contribution in [2.45, 2.75) is 31.4 Å². The van der Waals surface area contributed by atoms with Gasteiger partial charge in [-0.25, -0.2) is 0 Å². The van der Waals surface area contributed by atoms with Crippen LogP contribution in [0.2, 0.25) is 0 Å². The Kier molecular flexibility index (Phi) is 4.44. The molecule has 1 fully saturated rings. The SMILES string of the molecule is O=C(Cc1cccnc1)N[C@@H](c1ccccn1)C1CC(O)C1. The summed E-state index contributed by atoms with van der Waals surface area (Å²) in [4.78, 5) is 20.7. The molecular formula is C17H19N3O2. The maximum absolute atomic E-state index is 12.3. The van der Waals surface area contributed by atoms with Crippen LogP contribution in [0.15, 0.2) is 48.9 Å². The molecule has 0 unspecified atom stereocenters. The number of aliphatic hydroxyl groups is 1. The van der Waals surface area contributed by atoms with Gasteiger partial charge in [-0.2, -0.15) is 0 Å². The van der Waals surface area contributed by atoms with Gasteiger partial charge < -0.3 is 10.4 Å². The van der Waals surface area contributed by atoms with Crippen molar-refractivity contribution in [3.05, 3.63) is 60.2 Å². The molecule has 0 aliphatic heterocycles. The van der Waals surface area contributed by atoms with Crippen LogP contribution >= 0.6 is 0 Å². The number of nitrogens with one attached hydrogen (secondary N) is 1. The van der Waals surface area contributed by atoms with Gasteiger partial charge in [0.2, 0.25) is 5.91 Å². The second kappa shape index (κ2) is 6.66. The first-order valence-electron chi connectivity index (χ1n) is 7.49. The first kappa shape index (κ1) is 14.7. The number of hydrogen-bond donors (Lipinski definition) is 2. The molecule has 5 heteroatoms. The van der Waals surface area contributed by atoms with Crippen LogP contribution in [0.25, 0.3) is 0 Å². The highest BCUT2D eigenvalue weighted by molar-refractivity contribution is 5.78. The summed E-state index contributed by atoms with van der Waals surface area (Å²) in [5.41, 5.74) is 1.73. The lowest BCUT2D eigenvalue weighted by molar-refractivity contribution is -0.122. The fraction of sp³-hybridized carbons (Fsp3) is 0.353. The molecule has 114 valence electrons. The maximum atomic E-state index is 12.3. The lowest BCUT2D eigenvalue weighted by Crippen LogP contribution is -2.42. The van der Waals surface area contributed by atoms with Crippen LogP contribution in [0.4, 0.5) is 0 Å². The first-order chi connectivity index (χ1) is 10.7. The highest BCUT2D eigenvalue weighted by atomic mass is 16.3. The van der Waals surface area contributed by atoms with Gasteiger partial charge in [0.15, 0.2) is 0 Å². The molecule has 1 aliphatic rings. The fourth-order valence-electron chi connectivity index (χ4n) is 2.81. The van der Waals surface area contributed by atoms with Crippen molar-refractivity contribution < 1.29 is 9.90 Å². The van der Waals surface area contributed by atoms with E-state index in [1.54, 1.807) is 18.6 Å². The summed E-state index contributed by atoms with van der Waals surface area (Å²) in [7, 11) is 0. The average Bonchev–Trinajstić information content (AvgIpc) is 2.52. The summed E-state index contributed by atoms with van der Waals surface area (Å²) in [5, 5.41) is 12.6. The van der Waals surface area contributed by atoms with Crippen molar-refractivity contribution in [3.8, 4) is 0 Å². The minimum atomic E-state index is -0.258. The molecule has 0 bridgehead atoms. The number of rotatable bonds is 5. The lowest BCUT2D eigenvalue weighted by atomic mass is 9.76. The summed E-state index contributed by atoms with van der Waals surface area (Å²) in [6.45, 7) is 0. The quantitative estimate of drug-likeness (QED) is 0.880.